The van der Waals surface area contributed by atoms with Crippen LogP contribution in [0.4, 0.5) is 5.69 Å². The SMILES string of the molecule is COc1ccc(NC(=O)COc2cc(Cl)ccc2Cl)cc1S(N)(=O)=O. The van der Waals surface area contributed by atoms with Crippen molar-refractivity contribution in [3.63, 3.8) is 0 Å². The number of nitrogens with two attached hydrogens (primary N) is 1. The van der Waals surface area contributed by atoms with Crippen LogP contribution in [0.3, 0.4) is 0 Å². The summed E-state index contributed by atoms with van der Waals surface area (Å²) in [6.45, 7) is -0.350. The molecule has 7 nitrogen and oxygen atoms in total. The number of hydrogen-bond acceptors (Lipinski definition) is 5. The molecule has 10 heteroatoms. The Balaban J connectivity index is 2.09. The highest BCUT2D eigenvalue weighted by atomic mass is 35.5. The predicted molar refractivity (Wildman–Crippen MR) is 95.0 cm³/mol. The molecule has 2 rings (SSSR count). The summed E-state index contributed by atoms with van der Waals surface area (Å²) in [6, 6.07) is 8.64. The van der Waals surface area contributed by atoms with E-state index in [1.165, 1.54) is 31.4 Å². The molecule has 0 unspecified atom stereocenters. The van der Waals surface area contributed by atoms with Crippen LogP contribution in [0.1, 0.15) is 0 Å². The minimum absolute atomic E-state index is 0.0717. The third-order valence-corrected chi connectivity index (χ3v) is 4.49. The second kappa shape index (κ2) is 7.92. The molecular formula is C15H14Cl2N2O5S. The van der Waals surface area contributed by atoms with Gasteiger partial charge in [0.05, 0.1) is 12.1 Å². The van der Waals surface area contributed by atoms with Crippen LogP contribution in [0, 0.1) is 0 Å². The molecule has 0 saturated carbocycles. The van der Waals surface area contributed by atoms with Crippen LogP contribution in [0.25, 0.3) is 0 Å². The molecule has 3 N–H and O–H groups in total. The van der Waals surface area contributed by atoms with Crippen molar-refractivity contribution in [1.82, 2.24) is 0 Å². The van der Waals surface area contributed by atoms with E-state index >= 15 is 0 Å². The first-order valence-corrected chi connectivity index (χ1v) is 9.09. The van der Waals surface area contributed by atoms with Crippen molar-refractivity contribution in [2.24, 2.45) is 5.14 Å². The lowest BCUT2D eigenvalue weighted by Crippen LogP contribution is -2.21. The van der Waals surface area contributed by atoms with E-state index in [-0.39, 0.29) is 28.7 Å². The molecule has 0 saturated heterocycles. The van der Waals surface area contributed by atoms with Crippen molar-refractivity contribution in [3.8, 4) is 11.5 Å². The topological polar surface area (TPSA) is 108 Å². The average molecular weight is 405 g/mol. The minimum Gasteiger partial charge on any atom is -0.495 e. The van der Waals surface area contributed by atoms with E-state index in [4.69, 9.17) is 37.8 Å². The van der Waals surface area contributed by atoms with Gasteiger partial charge in [-0.15, -0.1) is 0 Å². The number of nitrogens with one attached hydrogen (secondary N) is 1. The van der Waals surface area contributed by atoms with Crippen molar-refractivity contribution in [3.05, 3.63) is 46.4 Å². The summed E-state index contributed by atoms with van der Waals surface area (Å²) in [6.07, 6.45) is 0. The van der Waals surface area contributed by atoms with E-state index in [1.807, 2.05) is 0 Å². The molecule has 0 fully saturated rings. The number of amides is 1. The van der Waals surface area contributed by atoms with Gasteiger partial charge in [-0.25, -0.2) is 13.6 Å². The van der Waals surface area contributed by atoms with E-state index in [0.29, 0.717) is 10.0 Å². The first-order valence-electron chi connectivity index (χ1n) is 6.79. The Bertz CT molecular complexity index is 903. The summed E-state index contributed by atoms with van der Waals surface area (Å²) in [5, 5.41) is 8.33. The zero-order chi connectivity index (χ0) is 18.6. The third-order valence-electron chi connectivity index (χ3n) is 3.01. The predicted octanol–water partition coefficient (Wildman–Crippen LogP) is 2.67. The minimum atomic E-state index is -4.01. The molecular weight excluding hydrogens is 391 g/mol. The Morgan fingerprint density at radius 3 is 2.52 bits per heavy atom. The molecule has 2 aromatic carbocycles. The van der Waals surface area contributed by atoms with Crippen LogP contribution >= 0.6 is 23.2 Å². The maximum absolute atomic E-state index is 12.0. The monoisotopic (exact) mass is 404 g/mol. The maximum atomic E-state index is 12.0. The Kier molecular flexibility index (Phi) is 6.12. The molecule has 1 amide bonds. The molecule has 134 valence electrons. The number of carbonyl (C=O) groups is 1. The number of benzene rings is 2. The standard InChI is InChI=1S/C15H14Cl2N2O5S/c1-23-12-5-3-10(7-14(12)25(18,21)22)19-15(20)8-24-13-6-9(16)2-4-11(13)17/h2-7H,8H2,1H3,(H,19,20)(H2,18,21,22). The lowest BCUT2D eigenvalue weighted by atomic mass is 10.3. The smallest absolute Gasteiger partial charge is 0.262 e. The number of halogens is 2. The van der Waals surface area contributed by atoms with Crippen molar-refractivity contribution in [1.29, 1.82) is 0 Å². The van der Waals surface area contributed by atoms with Crippen molar-refractivity contribution >= 4 is 44.8 Å². The fraction of sp³-hybridized carbons (Fsp3) is 0.133. The molecule has 0 heterocycles. The Morgan fingerprint density at radius 2 is 1.88 bits per heavy atom. The second-order valence-electron chi connectivity index (χ2n) is 4.82. The third kappa shape index (κ3) is 5.23. The van der Waals surface area contributed by atoms with Gasteiger partial charge in [0.15, 0.2) is 6.61 Å². The van der Waals surface area contributed by atoms with E-state index in [9.17, 15) is 13.2 Å². The van der Waals surface area contributed by atoms with Gasteiger partial charge < -0.3 is 14.8 Å². The van der Waals surface area contributed by atoms with Gasteiger partial charge in [0.1, 0.15) is 16.4 Å². The van der Waals surface area contributed by atoms with E-state index in [1.54, 1.807) is 12.1 Å². The number of anilines is 1. The largest absolute Gasteiger partial charge is 0.495 e. The lowest BCUT2D eigenvalue weighted by molar-refractivity contribution is -0.118. The molecule has 0 aliphatic carbocycles. The van der Waals surface area contributed by atoms with E-state index < -0.39 is 15.9 Å². The Labute approximate surface area is 154 Å². The van der Waals surface area contributed by atoms with Crippen LogP contribution in [0.2, 0.25) is 10.0 Å². The quantitative estimate of drug-likeness (QED) is 0.768. The highest BCUT2D eigenvalue weighted by molar-refractivity contribution is 7.89. The molecule has 0 aliphatic rings. The van der Waals surface area contributed by atoms with Gasteiger partial charge in [-0.2, -0.15) is 0 Å². The van der Waals surface area contributed by atoms with Gasteiger partial charge in [0, 0.05) is 16.8 Å². The highest BCUT2D eigenvalue weighted by Crippen LogP contribution is 2.28. The fourth-order valence-corrected chi connectivity index (χ4v) is 2.96. The lowest BCUT2D eigenvalue weighted by Gasteiger charge is -2.11. The van der Waals surface area contributed by atoms with Crippen LogP contribution in [-0.4, -0.2) is 28.0 Å². The number of sulfonamides is 1. The Hall–Kier alpha value is -2.00. The van der Waals surface area contributed by atoms with Crippen molar-refractivity contribution < 1.29 is 22.7 Å². The number of hydrogen-bond donors (Lipinski definition) is 2. The van der Waals surface area contributed by atoms with Gasteiger partial charge in [-0.3, -0.25) is 4.79 Å². The number of ether oxygens (including phenoxy) is 2. The number of methoxy groups -OCH3 is 1. The zero-order valence-electron chi connectivity index (χ0n) is 13.0. The first-order chi connectivity index (χ1) is 11.7. The number of carbonyl (C=O) groups excluding carboxylic acids is 1. The van der Waals surface area contributed by atoms with E-state index in [2.05, 4.69) is 5.32 Å². The summed E-state index contributed by atoms with van der Waals surface area (Å²) in [5.41, 5.74) is 0.218. The van der Waals surface area contributed by atoms with Gasteiger partial charge in [-0.05, 0) is 30.3 Å². The van der Waals surface area contributed by atoms with Crippen LogP contribution in [0.15, 0.2) is 41.3 Å². The normalized spacial score (nSPS) is 11.0. The van der Waals surface area contributed by atoms with Gasteiger partial charge in [-0.1, -0.05) is 23.2 Å². The van der Waals surface area contributed by atoms with Crippen LogP contribution in [-0.2, 0) is 14.8 Å². The first kappa shape index (κ1) is 19.3. The molecule has 25 heavy (non-hydrogen) atoms. The molecule has 0 aliphatic heterocycles. The average Bonchev–Trinajstić information content (AvgIpc) is 2.55. The highest BCUT2D eigenvalue weighted by Gasteiger charge is 2.16. The van der Waals surface area contributed by atoms with Crippen molar-refractivity contribution in [2.45, 2.75) is 4.90 Å². The molecule has 0 bridgehead atoms. The van der Waals surface area contributed by atoms with Crippen molar-refractivity contribution in [2.75, 3.05) is 19.0 Å². The van der Waals surface area contributed by atoms with Gasteiger partial charge in [0.25, 0.3) is 5.91 Å². The van der Waals surface area contributed by atoms with E-state index in [0.717, 1.165) is 0 Å². The van der Waals surface area contributed by atoms with Crippen LogP contribution in [0.5, 0.6) is 11.5 Å². The Morgan fingerprint density at radius 1 is 1.16 bits per heavy atom. The number of primary sulfonamides is 1. The van der Waals surface area contributed by atoms with Gasteiger partial charge in [0.2, 0.25) is 10.0 Å². The molecule has 0 radical (unpaired) electrons. The molecule has 2 aromatic rings. The number of rotatable bonds is 6. The summed E-state index contributed by atoms with van der Waals surface area (Å²) in [5.74, 6) is -0.201. The molecule has 0 spiro atoms. The van der Waals surface area contributed by atoms with Crippen LogP contribution < -0.4 is 19.9 Å². The molecule has 0 aromatic heterocycles. The maximum Gasteiger partial charge on any atom is 0.262 e. The van der Waals surface area contributed by atoms with Gasteiger partial charge >= 0.3 is 0 Å². The zero-order valence-corrected chi connectivity index (χ0v) is 15.3. The second-order valence-corrected chi connectivity index (χ2v) is 7.20. The fourth-order valence-electron chi connectivity index (χ4n) is 1.90. The summed E-state index contributed by atoms with van der Waals surface area (Å²) < 4.78 is 33.4. The summed E-state index contributed by atoms with van der Waals surface area (Å²) in [4.78, 5) is 11.7. The summed E-state index contributed by atoms with van der Waals surface area (Å²) >= 11 is 11.8. The molecule has 0 atom stereocenters. The summed E-state index contributed by atoms with van der Waals surface area (Å²) in [7, 11) is -2.70.